The van der Waals surface area contributed by atoms with Crippen LogP contribution in [0, 0.1) is 6.92 Å². The van der Waals surface area contributed by atoms with Gasteiger partial charge in [-0.05, 0) is 19.1 Å². The molecule has 0 aliphatic carbocycles. The highest BCUT2D eigenvalue weighted by atomic mass is 35.5. The van der Waals surface area contributed by atoms with Gasteiger partial charge in [0.25, 0.3) is 0 Å². The molecule has 0 unspecified atom stereocenters. The molecule has 20 heavy (non-hydrogen) atoms. The molecule has 1 aliphatic rings. The van der Waals surface area contributed by atoms with Crippen LogP contribution in [0.1, 0.15) is 11.5 Å². The van der Waals surface area contributed by atoms with E-state index in [0.717, 1.165) is 24.5 Å². The van der Waals surface area contributed by atoms with Gasteiger partial charge in [0.15, 0.2) is 11.5 Å². The first-order valence-corrected chi connectivity index (χ1v) is 6.80. The van der Waals surface area contributed by atoms with Gasteiger partial charge in [-0.1, -0.05) is 16.8 Å². The van der Waals surface area contributed by atoms with Crippen molar-refractivity contribution >= 4 is 11.6 Å². The van der Waals surface area contributed by atoms with Crippen LogP contribution in [0.25, 0.3) is 0 Å². The van der Waals surface area contributed by atoms with Gasteiger partial charge in [0.1, 0.15) is 24.2 Å². The van der Waals surface area contributed by atoms with Crippen LogP contribution in [0.2, 0.25) is 5.02 Å². The van der Waals surface area contributed by atoms with Crippen LogP contribution in [-0.4, -0.2) is 24.4 Å². The number of nitrogens with zero attached hydrogens (tertiary/aromatic N) is 1. The molecule has 0 spiro atoms. The fraction of sp³-hybridized carbons (Fsp3) is 0.357. The summed E-state index contributed by atoms with van der Waals surface area (Å²) in [5.74, 6) is 2.07. The molecule has 1 N–H and O–H groups in total. The van der Waals surface area contributed by atoms with Crippen molar-refractivity contribution in [3.8, 4) is 11.5 Å². The molecular weight excluding hydrogens is 280 g/mol. The van der Waals surface area contributed by atoms with Crippen LogP contribution in [0.15, 0.2) is 28.8 Å². The van der Waals surface area contributed by atoms with Gasteiger partial charge in [0.05, 0.1) is 0 Å². The largest absolute Gasteiger partial charge is 0.484 e. The van der Waals surface area contributed by atoms with Crippen molar-refractivity contribution < 1.29 is 14.0 Å². The highest BCUT2D eigenvalue weighted by Crippen LogP contribution is 2.32. The summed E-state index contributed by atoms with van der Waals surface area (Å²) in [6, 6.07) is 7.18. The van der Waals surface area contributed by atoms with E-state index in [1.54, 1.807) is 18.2 Å². The number of halogens is 1. The summed E-state index contributed by atoms with van der Waals surface area (Å²) in [6.45, 7) is 3.86. The molecule has 2 aromatic rings. The second-order valence-electron chi connectivity index (χ2n) is 4.71. The molecule has 5 nitrogen and oxygen atoms in total. The summed E-state index contributed by atoms with van der Waals surface area (Å²) in [5.41, 5.74) is 0.744. The lowest BCUT2D eigenvalue weighted by Crippen LogP contribution is -2.50. The molecule has 3 rings (SSSR count). The molecule has 0 amide bonds. The van der Waals surface area contributed by atoms with Crippen molar-refractivity contribution in [3.63, 3.8) is 0 Å². The summed E-state index contributed by atoms with van der Waals surface area (Å²) in [7, 11) is 0. The lowest BCUT2D eigenvalue weighted by Gasteiger charge is -2.28. The quantitative estimate of drug-likeness (QED) is 0.918. The van der Waals surface area contributed by atoms with E-state index in [-0.39, 0.29) is 6.10 Å². The molecule has 106 valence electrons. The van der Waals surface area contributed by atoms with E-state index in [1.807, 2.05) is 13.0 Å². The fourth-order valence-corrected chi connectivity index (χ4v) is 2.02. The molecule has 1 fully saturated rings. The zero-order chi connectivity index (χ0) is 13.9. The maximum absolute atomic E-state index is 6.00. The Kier molecular flexibility index (Phi) is 3.80. The van der Waals surface area contributed by atoms with E-state index in [2.05, 4.69) is 10.5 Å². The zero-order valence-corrected chi connectivity index (χ0v) is 11.8. The molecule has 1 aromatic carbocycles. The van der Waals surface area contributed by atoms with E-state index >= 15 is 0 Å². The number of aryl methyl sites for hydroxylation is 1. The Morgan fingerprint density at radius 3 is 2.85 bits per heavy atom. The molecule has 1 aromatic heterocycles. The lowest BCUT2D eigenvalue weighted by atomic mass is 10.2. The van der Waals surface area contributed by atoms with E-state index in [1.165, 1.54) is 0 Å². The van der Waals surface area contributed by atoms with Crippen molar-refractivity contribution in [2.75, 3.05) is 13.1 Å². The van der Waals surface area contributed by atoms with Crippen LogP contribution < -0.4 is 14.8 Å². The molecule has 1 aliphatic heterocycles. The number of nitrogens with one attached hydrogen (secondary N) is 1. The normalized spacial score (nSPS) is 14.9. The highest BCUT2D eigenvalue weighted by molar-refractivity contribution is 6.30. The number of rotatable bonds is 5. The van der Waals surface area contributed by atoms with Crippen molar-refractivity contribution in [2.24, 2.45) is 0 Å². The summed E-state index contributed by atoms with van der Waals surface area (Å²) in [6.07, 6.45) is 0.171. The number of hydrogen-bond acceptors (Lipinski definition) is 5. The van der Waals surface area contributed by atoms with Gasteiger partial charge in [0.2, 0.25) is 0 Å². The standard InChI is InChI=1S/C14H15ClN2O3/c1-9-4-11(17-20-9)8-18-13-3-2-10(15)5-14(13)19-12-6-16-7-12/h2-5,12,16H,6-8H2,1H3. The van der Waals surface area contributed by atoms with Crippen molar-refractivity contribution in [3.05, 3.63) is 40.7 Å². The third-order valence-corrected chi connectivity index (χ3v) is 3.23. The van der Waals surface area contributed by atoms with E-state index in [9.17, 15) is 0 Å². The Morgan fingerprint density at radius 2 is 2.20 bits per heavy atom. The third kappa shape index (κ3) is 3.05. The van der Waals surface area contributed by atoms with Crippen LogP contribution in [0.3, 0.4) is 0 Å². The first-order chi connectivity index (χ1) is 9.70. The Labute approximate surface area is 121 Å². The predicted octanol–water partition coefficient (Wildman–Crippen LogP) is 2.57. The Bertz CT molecular complexity index is 596. The highest BCUT2D eigenvalue weighted by Gasteiger charge is 2.20. The Balaban J connectivity index is 1.70. The van der Waals surface area contributed by atoms with Crippen molar-refractivity contribution in [1.82, 2.24) is 10.5 Å². The second-order valence-corrected chi connectivity index (χ2v) is 5.14. The summed E-state index contributed by atoms with van der Waals surface area (Å²) >= 11 is 6.00. The predicted molar refractivity (Wildman–Crippen MR) is 74.3 cm³/mol. The number of benzene rings is 1. The molecular formula is C14H15ClN2O3. The maximum Gasteiger partial charge on any atom is 0.163 e. The van der Waals surface area contributed by atoms with Crippen molar-refractivity contribution in [2.45, 2.75) is 19.6 Å². The van der Waals surface area contributed by atoms with E-state index in [4.69, 9.17) is 25.6 Å². The molecule has 1 saturated heterocycles. The Hall–Kier alpha value is -1.72. The van der Waals surface area contributed by atoms with Gasteiger partial charge in [-0.2, -0.15) is 0 Å². The summed E-state index contributed by atoms with van der Waals surface area (Å²) in [5, 5.41) is 7.67. The van der Waals surface area contributed by atoms with Gasteiger partial charge >= 0.3 is 0 Å². The zero-order valence-electron chi connectivity index (χ0n) is 11.1. The number of hydrogen-bond donors (Lipinski definition) is 1. The minimum atomic E-state index is 0.171. The summed E-state index contributed by atoms with van der Waals surface area (Å²) in [4.78, 5) is 0. The van der Waals surface area contributed by atoms with Gasteiger partial charge in [0, 0.05) is 30.2 Å². The molecule has 0 radical (unpaired) electrons. The van der Waals surface area contributed by atoms with Gasteiger partial charge in [-0.3, -0.25) is 0 Å². The average molecular weight is 295 g/mol. The van der Waals surface area contributed by atoms with Crippen LogP contribution >= 0.6 is 11.6 Å². The van der Waals surface area contributed by atoms with Crippen LogP contribution in [-0.2, 0) is 6.61 Å². The maximum atomic E-state index is 6.00. The SMILES string of the molecule is Cc1cc(COc2ccc(Cl)cc2OC2CNC2)no1. The van der Waals surface area contributed by atoms with Crippen LogP contribution in [0.4, 0.5) is 0 Å². The first-order valence-electron chi connectivity index (χ1n) is 6.42. The minimum absolute atomic E-state index is 0.171. The number of aromatic nitrogens is 1. The molecule has 2 heterocycles. The van der Waals surface area contributed by atoms with Crippen LogP contribution in [0.5, 0.6) is 11.5 Å². The molecule has 0 saturated carbocycles. The second kappa shape index (κ2) is 5.73. The smallest absolute Gasteiger partial charge is 0.163 e. The third-order valence-electron chi connectivity index (χ3n) is 3.00. The van der Waals surface area contributed by atoms with Crippen molar-refractivity contribution in [1.29, 1.82) is 0 Å². The van der Waals surface area contributed by atoms with E-state index in [0.29, 0.717) is 23.1 Å². The fourth-order valence-electron chi connectivity index (χ4n) is 1.86. The first kappa shape index (κ1) is 13.3. The van der Waals surface area contributed by atoms with Gasteiger partial charge in [-0.15, -0.1) is 0 Å². The van der Waals surface area contributed by atoms with E-state index < -0.39 is 0 Å². The van der Waals surface area contributed by atoms with Gasteiger partial charge < -0.3 is 19.3 Å². The molecule has 0 atom stereocenters. The number of ether oxygens (including phenoxy) is 2. The Morgan fingerprint density at radius 1 is 1.35 bits per heavy atom. The molecule has 0 bridgehead atoms. The lowest BCUT2D eigenvalue weighted by molar-refractivity contribution is 0.134. The average Bonchev–Trinajstić information content (AvgIpc) is 2.79. The summed E-state index contributed by atoms with van der Waals surface area (Å²) < 4.78 is 16.6. The minimum Gasteiger partial charge on any atom is -0.484 e. The topological polar surface area (TPSA) is 56.5 Å². The molecule has 6 heteroatoms. The van der Waals surface area contributed by atoms with Gasteiger partial charge in [-0.25, -0.2) is 0 Å². The monoisotopic (exact) mass is 294 g/mol.